The van der Waals surface area contributed by atoms with Gasteiger partial charge < -0.3 is 15.3 Å². The molecule has 4 aromatic rings. The highest BCUT2D eigenvalue weighted by molar-refractivity contribution is 5.99. The van der Waals surface area contributed by atoms with E-state index in [1.165, 1.54) is 49.9 Å². The standard InChI is InChI=1S/C16H28O2.C12H16O2.C12H16O.2C10H13NO.C6H10O2/c1-10(17)11-12(18)14(4,5)16(8,9)15(6,7)13(11,2)3;1-6-7(2)9(4)12(14)11(8(6)3)10(5)13;1-7-6-12(11(5)13)10(4)9(3)8(7)2;1-6-5-10(9(4)12)8(3)11-7(6)2;1-6-5-10(9(4)12)11-8(3)7(6)2;1-4(5(2)7)6(3)8/h18H,1-9H3;14H,1-5H3;6H,1-5H3;2*5H,1-4H3;7H,1-3H3/b;;;;;5-4-. The number of hydrogen-bond donors (Lipinski definition) is 3. The summed E-state index contributed by atoms with van der Waals surface area (Å²) in [5, 5.41) is 29.1. The van der Waals surface area contributed by atoms with E-state index >= 15 is 0 Å². The summed E-state index contributed by atoms with van der Waals surface area (Å²) in [7, 11) is 0. The minimum absolute atomic E-state index is 0.0193. The van der Waals surface area contributed by atoms with Crippen LogP contribution in [0.25, 0.3) is 0 Å². The quantitative estimate of drug-likeness (QED) is 0.0947. The highest BCUT2D eigenvalue weighted by Gasteiger charge is 2.62. The Morgan fingerprint density at radius 2 is 0.818 bits per heavy atom. The molecule has 424 valence electrons. The van der Waals surface area contributed by atoms with Gasteiger partial charge in [0.15, 0.2) is 34.7 Å². The van der Waals surface area contributed by atoms with Crippen LogP contribution in [0.4, 0.5) is 0 Å². The lowest BCUT2D eigenvalue weighted by molar-refractivity contribution is -0.127. The first kappa shape index (κ1) is 70.6. The second-order valence-corrected chi connectivity index (χ2v) is 23.2. The van der Waals surface area contributed by atoms with Gasteiger partial charge >= 0.3 is 0 Å². The van der Waals surface area contributed by atoms with Crippen LogP contribution in [0.15, 0.2) is 40.9 Å². The van der Waals surface area contributed by atoms with Crippen LogP contribution in [0.5, 0.6) is 5.75 Å². The normalized spacial score (nSPS) is 14.6. The molecule has 2 heterocycles. The fourth-order valence-electron chi connectivity index (χ4n) is 9.20. The Balaban J connectivity index is 0.000000913. The summed E-state index contributed by atoms with van der Waals surface area (Å²) >= 11 is 0. The van der Waals surface area contributed by atoms with Crippen molar-refractivity contribution in [3.05, 3.63) is 142 Å². The molecule has 0 unspecified atom stereocenters. The molecule has 11 heteroatoms. The molecule has 0 spiro atoms. The zero-order valence-corrected chi connectivity index (χ0v) is 52.9. The van der Waals surface area contributed by atoms with E-state index in [1.54, 1.807) is 27.7 Å². The highest BCUT2D eigenvalue weighted by atomic mass is 16.3. The number of pyridine rings is 2. The van der Waals surface area contributed by atoms with Crippen LogP contribution < -0.4 is 0 Å². The molecule has 0 bridgehead atoms. The van der Waals surface area contributed by atoms with Crippen LogP contribution in [0.1, 0.15) is 231 Å². The number of aliphatic hydroxyl groups excluding tert-OH is 2. The number of aromatic hydroxyl groups is 1. The van der Waals surface area contributed by atoms with Crippen LogP contribution >= 0.6 is 0 Å². The molecule has 0 aliphatic heterocycles. The molecule has 3 N–H and O–H groups in total. The molecular formula is C66H96N2O9. The van der Waals surface area contributed by atoms with Crippen molar-refractivity contribution in [2.24, 2.45) is 21.7 Å². The first-order valence-electron chi connectivity index (χ1n) is 26.3. The van der Waals surface area contributed by atoms with Gasteiger partial charge in [-0.25, -0.2) is 4.98 Å². The van der Waals surface area contributed by atoms with E-state index in [2.05, 4.69) is 65.4 Å². The number of aryl methyl sites for hydroxylation is 6. The molecular weight excluding hydrogens is 965 g/mol. The van der Waals surface area contributed by atoms with E-state index in [4.69, 9.17) is 5.11 Å². The molecule has 0 atom stereocenters. The number of rotatable bonds is 6. The number of allylic oxidation sites excluding steroid dienone is 4. The van der Waals surface area contributed by atoms with Gasteiger partial charge in [-0.15, -0.1) is 0 Å². The molecule has 5 rings (SSSR count). The van der Waals surface area contributed by atoms with Crippen molar-refractivity contribution in [2.45, 2.75) is 208 Å². The maximum absolute atomic E-state index is 12.0. The van der Waals surface area contributed by atoms with E-state index in [1.807, 2.05) is 115 Å². The Kier molecular flexibility index (Phi) is 25.0. The maximum Gasteiger partial charge on any atom is 0.178 e. The fourth-order valence-corrected chi connectivity index (χ4v) is 9.20. The second kappa shape index (κ2) is 27.3. The fraction of sp³-hybridized carbons (Fsp3) is 0.515. The van der Waals surface area contributed by atoms with Crippen molar-refractivity contribution in [3.8, 4) is 5.75 Å². The van der Waals surface area contributed by atoms with Gasteiger partial charge in [-0.05, 0) is 236 Å². The number of carbonyl (C=O) groups excluding carboxylic acids is 6. The van der Waals surface area contributed by atoms with Gasteiger partial charge in [0.25, 0.3) is 0 Å². The summed E-state index contributed by atoms with van der Waals surface area (Å²) in [6, 6.07) is 5.73. The van der Waals surface area contributed by atoms with Crippen LogP contribution in [0, 0.1) is 119 Å². The molecule has 11 nitrogen and oxygen atoms in total. The monoisotopic (exact) mass is 1060 g/mol. The smallest absolute Gasteiger partial charge is 0.178 e. The topological polar surface area (TPSA) is 189 Å². The van der Waals surface area contributed by atoms with Crippen LogP contribution in [0.2, 0.25) is 0 Å². The summed E-state index contributed by atoms with van der Waals surface area (Å²) < 4.78 is 0. The first-order valence-corrected chi connectivity index (χ1v) is 26.3. The van der Waals surface area contributed by atoms with Crippen molar-refractivity contribution < 1.29 is 44.1 Å². The van der Waals surface area contributed by atoms with E-state index in [-0.39, 0.29) is 68.2 Å². The number of ketones is 6. The van der Waals surface area contributed by atoms with Crippen LogP contribution in [0.3, 0.4) is 0 Å². The summed E-state index contributed by atoms with van der Waals surface area (Å²) in [6.07, 6.45) is 0. The van der Waals surface area contributed by atoms with Gasteiger partial charge in [0.05, 0.1) is 11.3 Å². The summed E-state index contributed by atoms with van der Waals surface area (Å²) in [5.74, 6) is 0.610. The molecule has 0 amide bonds. The lowest BCUT2D eigenvalue weighted by atomic mass is 9.41. The first-order chi connectivity index (χ1) is 34.6. The molecule has 1 aliphatic rings. The lowest BCUT2D eigenvalue weighted by Gasteiger charge is -2.62. The molecule has 1 aliphatic carbocycles. The van der Waals surface area contributed by atoms with E-state index in [9.17, 15) is 39.0 Å². The number of Topliss-reactive ketones (excluding diaryl/α,β-unsaturated/α-hetero) is 6. The number of nitrogens with zero attached hydrogens (tertiary/aromatic N) is 2. The summed E-state index contributed by atoms with van der Waals surface area (Å²) in [5.41, 5.74) is 17.5. The molecule has 0 radical (unpaired) electrons. The summed E-state index contributed by atoms with van der Waals surface area (Å²) in [6.45, 7) is 56.8. The van der Waals surface area contributed by atoms with Crippen molar-refractivity contribution in [3.63, 3.8) is 0 Å². The average molecular weight is 1060 g/mol. The van der Waals surface area contributed by atoms with Gasteiger partial charge in [-0.2, -0.15) is 0 Å². The second-order valence-electron chi connectivity index (χ2n) is 23.2. The Morgan fingerprint density at radius 3 is 1.19 bits per heavy atom. The lowest BCUT2D eigenvalue weighted by Crippen LogP contribution is -2.58. The minimum Gasteiger partial charge on any atom is -0.512 e. The zero-order chi connectivity index (χ0) is 61.3. The molecule has 2 aromatic carbocycles. The van der Waals surface area contributed by atoms with Crippen LogP contribution in [-0.4, -0.2) is 60.0 Å². The zero-order valence-electron chi connectivity index (χ0n) is 52.9. The van der Waals surface area contributed by atoms with Gasteiger partial charge in [0.1, 0.15) is 17.2 Å². The molecule has 77 heavy (non-hydrogen) atoms. The number of aromatic nitrogens is 2. The molecule has 2 aromatic heterocycles. The van der Waals surface area contributed by atoms with Gasteiger partial charge in [0.2, 0.25) is 0 Å². The summed E-state index contributed by atoms with van der Waals surface area (Å²) in [4.78, 5) is 75.5. The molecule has 0 saturated carbocycles. The van der Waals surface area contributed by atoms with Gasteiger partial charge in [0, 0.05) is 57.1 Å². The molecule has 0 saturated heterocycles. The largest absolute Gasteiger partial charge is 0.512 e. The Bertz CT molecular complexity index is 2950. The Morgan fingerprint density at radius 1 is 0.403 bits per heavy atom. The third-order valence-corrected chi connectivity index (χ3v) is 17.6. The number of aliphatic hydroxyl groups is 2. The number of phenols is 1. The Labute approximate surface area is 463 Å². The minimum atomic E-state index is -0.410. The number of phenolic OH excluding ortho intramolecular Hbond substituents is 1. The van der Waals surface area contributed by atoms with Crippen molar-refractivity contribution in [2.75, 3.05) is 0 Å². The average Bonchev–Trinajstić information content (AvgIpc) is 3.30. The van der Waals surface area contributed by atoms with Crippen molar-refractivity contribution in [1.29, 1.82) is 0 Å². The SMILES string of the molecule is CC(=O)/C(C)=C(/C)O.CC(=O)C1=C(O)C(C)(C)C(C)(C)C(C)(C)C1(C)C.CC(=O)c1c(C)c(C)c(C)c(C)c1O.CC(=O)c1cc(C)c(C)c(C)c1C.CC(=O)c1cc(C)c(C)c(C)n1.CC(=O)c1cc(C)c(C)nc1C. The highest BCUT2D eigenvalue weighted by Crippen LogP contribution is 2.67. The predicted molar refractivity (Wildman–Crippen MR) is 317 cm³/mol. The van der Waals surface area contributed by atoms with Gasteiger partial charge in [-0.1, -0.05) is 55.4 Å². The molecule has 0 fully saturated rings. The number of hydrogen-bond acceptors (Lipinski definition) is 11. The third kappa shape index (κ3) is 16.1. The van der Waals surface area contributed by atoms with E-state index < -0.39 is 5.41 Å². The number of carbonyl (C=O) groups is 6. The Hall–Kier alpha value is -6.36. The maximum atomic E-state index is 12.0. The van der Waals surface area contributed by atoms with Gasteiger partial charge in [-0.3, -0.25) is 33.8 Å². The van der Waals surface area contributed by atoms with E-state index in [0.717, 1.165) is 67.2 Å². The van der Waals surface area contributed by atoms with Crippen LogP contribution in [-0.2, 0) is 9.59 Å². The number of benzene rings is 2. The third-order valence-electron chi connectivity index (χ3n) is 17.6. The van der Waals surface area contributed by atoms with Crippen molar-refractivity contribution >= 4 is 34.7 Å². The predicted octanol–water partition coefficient (Wildman–Crippen LogP) is 16.3. The van der Waals surface area contributed by atoms with Crippen molar-refractivity contribution in [1.82, 2.24) is 9.97 Å². The van der Waals surface area contributed by atoms with E-state index in [0.29, 0.717) is 22.4 Å².